The minimum absolute atomic E-state index is 0.0189. The number of benzene rings is 1. The van der Waals surface area contributed by atoms with E-state index in [9.17, 15) is 19.7 Å². The molecule has 2 rings (SSSR count). The normalized spacial score (nSPS) is 14.1. The topological polar surface area (TPSA) is 131 Å². The summed E-state index contributed by atoms with van der Waals surface area (Å²) < 4.78 is 4.48. The number of esters is 1. The summed E-state index contributed by atoms with van der Waals surface area (Å²) in [7, 11) is 1.14. The summed E-state index contributed by atoms with van der Waals surface area (Å²) in [5.74, 6) is -1.01. The summed E-state index contributed by atoms with van der Waals surface area (Å²) in [5.41, 5.74) is 0.684. The van der Waals surface area contributed by atoms with Gasteiger partial charge in [0.15, 0.2) is 0 Å². The molecule has 0 bridgehead atoms. The van der Waals surface area contributed by atoms with E-state index in [4.69, 9.17) is 5.11 Å². The first kappa shape index (κ1) is 14.7. The maximum atomic E-state index is 11.4. The van der Waals surface area contributed by atoms with Gasteiger partial charge in [0.2, 0.25) is 5.91 Å². The fourth-order valence-corrected chi connectivity index (χ4v) is 2.04. The SMILES string of the molecule is COC(=O)C(CO)Nc1cc2c(cc1[N+](=O)[O-])CC(=O)N2. The lowest BCUT2D eigenvalue weighted by Gasteiger charge is -2.16. The Hall–Kier alpha value is -2.68. The van der Waals surface area contributed by atoms with Gasteiger partial charge in [0.05, 0.1) is 25.1 Å². The Morgan fingerprint density at radius 2 is 2.33 bits per heavy atom. The average molecular weight is 295 g/mol. The number of anilines is 2. The van der Waals surface area contributed by atoms with Gasteiger partial charge in [0, 0.05) is 11.8 Å². The lowest BCUT2D eigenvalue weighted by molar-refractivity contribution is -0.384. The van der Waals surface area contributed by atoms with Crippen LogP contribution < -0.4 is 10.6 Å². The second-order valence-corrected chi connectivity index (χ2v) is 4.41. The van der Waals surface area contributed by atoms with E-state index in [0.717, 1.165) is 7.11 Å². The Kier molecular flexibility index (Phi) is 4.03. The predicted octanol–water partition coefficient (Wildman–Crippen LogP) is 0.0352. The van der Waals surface area contributed by atoms with Gasteiger partial charge in [0.25, 0.3) is 5.69 Å². The number of nitro groups is 1. The minimum atomic E-state index is -1.14. The number of amides is 1. The predicted molar refractivity (Wildman–Crippen MR) is 71.9 cm³/mol. The Morgan fingerprint density at radius 3 is 2.90 bits per heavy atom. The van der Waals surface area contributed by atoms with Crippen molar-refractivity contribution in [1.82, 2.24) is 0 Å². The van der Waals surface area contributed by atoms with Gasteiger partial charge >= 0.3 is 5.97 Å². The quantitative estimate of drug-likeness (QED) is 0.397. The zero-order valence-corrected chi connectivity index (χ0v) is 11.1. The molecule has 21 heavy (non-hydrogen) atoms. The van der Waals surface area contributed by atoms with Gasteiger partial charge < -0.3 is 20.5 Å². The Morgan fingerprint density at radius 1 is 1.62 bits per heavy atom. The number of methoxy groups -OCH3 is 1. The van der Waals surface area contributed by atoms with Crippen LogP contribution in [0.5, 0.6) is 0 Å². The van der Waals surface area contributed by atoms with Crippen LogP contribution >= 0.6 is 0 Å². The molecule has 9 nitrogen and oxygen atoms in total. The first-order valence-electron chi connectivity index (χ1n) is 6.02. The standard InChI is InChI=1S/C12H13N3O6/c1-21-12(18)9(5-16)13-8-4-7-6(3-11(17)14-7)2-10(8)15(19)20/h2,4,9,13,16H,3,5H2,1H3,(H,14,17). The van der Waals surface area contributed by atoms with Gasteiger partial charge in [-0.15, -0.1) is 0 Å². The molecule has 0 saturated carbocycles. The average Bonchev–Trinajstić information content (AvgIpc) is 2.81. The van der Waals surface area contributed by atoms with E-state index < -0.39 is 23.5 Å². The van der Waals surface area contributed by atoms with Gasteiger partial charge in [-0.3, -0.25) is 14.9 Å². The maximum Gasteiger partial charge on any atom is 0.330 e. The molecule has 0 aromatic heterocycles. The highest BCUT2D eigenvalue weighted by Gasteiger charge is 2.27. The summed E-state index contributed by atoms with van der Waals surface area (Å²) in [6, 6.07) is 1.49. The number of hydrogen-bond acceptors (Lipinski definition) is 7. The molecule has 1 aliphatic heterocycles. The summed E-state index contributed by atoms with van der Waals surface area (Å²) in [5, 5.41) is 25.4. The molecule has 0 fully saturated rings. The van der Waals surface area contributed by atoms with Crippen molar-refractivity contribution >= 4 is 28.9 Å². The smallest absolute Gasteiger partial charge is 0.330 e. The molecule has 1 heterocycles. The van der Waals surface area contributed by atoms with Crippen molar-refractivity contribution in [2.75, 3.05) is 24.4 Å². The molecule has 1 aromatic rings. The minimum Gasteiger partial charge on any atom is -0.467 e. The number of ether oxygens (including phenoxy) is 1. The van der Waals surface area contributed by atoms with Crippen LogP contribution in [0.2, 0.25) is 0 Å². The Balaban J connectivity index is 2.38. The molecule has 1 aliphatic rings. The number of rotatable bonds is 5. The van der Waals surface area contributed by atoms with Gasteiger partial charge in [-0.25, -0.2) is 4.79 Å². The third kappa shape index (κ3) is 2.92. The monoisotopic (exact) mass is 295 g/mol. The fourth-order valence-electron chi connectivity index (χ4n) is 2.04. The highest BCUT2D eigenvalue weighted by atomic mass is 16.6. The highest BCUT2D eigenvalue weighted by Crippen LogP contribution is 2.34. The number of aliphatic hydroxyl groups excluding tert-OH is 1. The second kappa shape index (κ2) is 5.75. The molecule has 0 radical (unpaired) electrons. The van der Waals surface area contributed by atoms with Gasteiger partial charge in [-0.1, -0.05) is 0 Å². The third-order valence-electron chi connectivity index (χ3n) is 3.04. The van der Waals surface area contributed by atoms with Crippen LogP contribution in [0, 0.1) is 10.1 Å². The van der Waals surface area contributed by atoms with E-state index in [1.165, 1.54) is 12.1 Å². The van der Waals surface area contributed by atoms with Crippen LogP contribution in [0.15, 0.2) is 12.1 Å². The van der Waals surface area contributed by atoms with Gasteiger partial charge in [0.1, 0.15) is 11.7 Å². The third-order valence-corrected chi connectivity index (χ3v) is 3.04. The van der Waals surface area contributed by atoms with Crippen LogP contribution in [0.4, 0.5) is 17.1 Å². The molecule has 9 heteroatoms. The molecule has 0 spiro atoms. The number of nitrogens with one attached hydrogen (secondary N) is 2. The summed E-state index contributed by atoms with van der Waals surface area (Å²) in [4.78, 5) is 33.2. The molecule has 1 unspecified atom stereocenters. The van der Waals surface area contributed by atoms with Crippen molar-refractivity contribution in [1.29, 1.82) is 0 Å². The van der Waals surface area contributed by atoms with E-state index in [1.807, 2.05) is 0 Å². The first-order chi connectivity index (χ1) is 9.96. The van der Waals surface area contributed by atoms with Crippen molar-refractivity contribution in [2.45, 2.75) is 12.5 Å². The molecule has 0 saturated heterocycles. The van der Waals surface area contributed by atoms with Crippen LogP contribution in [0.3, 0.4) is 0 Å². The lowest BCUT2D eigenvalue weighted by Crippen LogP contribution is -2.34. The van der Waals surface area contributed by atoms with E-state index >= 15 is 0 Å². The number of aliphatic hydroxyl groups is 1. The number of carbonyl (C=O) groups is 2. The van der Waals surface area contributed by atoms with Gasteiger partial charge in [-0.2, -0.15) is 0 Å². The Bertz CT molecular complexity index is 615. The number of fused-ring (bicyclic) bond motifs is 1. The number of hydrogen-bond donors (Lipinski definition) is 3. The van der Waals surface area contributed by atoms with Crippen molar-refractivity contribution in [2.24, 2.45) is 0 Å². The van der Waals surface area contributed by atoms with E-state index in [-0.39, 0.29) is 23.7 Å². The highest BCUT2D eigenvalue weighted by molar-refractivity contribution is 6.00. The largest absolute Gasteiger partial charge is 0.467 e. The molecule has 3 N–H and O–H groups in total. The molecule has 1 atom stereocenters. The molecule has 112 valence electrons. The summed E-state index contributed by atoms with van der Waals surface area (Å²) >= 11 is 0. The number of nitrogens with zero attached hydrogens (tertiary/aromatic N) is 1. The second-order valence-electron chi connectivity index (χ2n) is 4.41. The number of nitro benzene ring substituents is 1. The van der Waals surface area contributed by atoms with Crippen molar-refractivity contribution in [3.8, 4) is 0 Å². The van der Waals surface area contributed by atoms with Crippen LogP contribution in [-0.2, 0) is 20.7 Å². The summed E-state index contributed by atoms with van der Waals surface area (Å²) in [6.45, 7) is -0.590. The maximum absolute atomic E-state index is 11.4. The van der Waals surface area contributed by atoms with Crippen molar-refractivity contribution in [3.63, 3.8) is 0 Å². The van der Waals surface area contributed by atoms with Gasteiger partial charge in [-0.05, 0) is 11.6 Å². The van der Waals surface area contributed by atoms with E-state index in [1.54, 1.807) is 0 Å². The summed E-state index contributed by atoms with van der Waals surface area (Å²) in [6.07, 6.45) is 0.0664. The molecular weight excluding hydrogens is 282 g/mol. The van der Waals surface area contributed by atoms with Crippen molar-refractivity contribution in [3.05, 3.63) is 27.8 Å². The van der Waals surface area contributed by atoms with Crippen LogP contribution in [-0.4, -0.2) is 41.7 Å². The zero-order chi connectivity index (χ0) is 15.6. The van der Waals surface area contributed by atoms with Crippen molar-refractivity contribution < 1.29 is 24.4 Å². The fraction of sp³-hybridized carbons (Fsp3) is 0.333. The lowest BCUT2D eigenvalue weighted by atomic mass is 10.1. The molecule has 0 aliphatic carbocycles. The molecule has 1 aromatic carbocycles. The van der Waals surface area contributed by atoms with Crippen LogP contribution in [0.25, 0.3) is 0 Å². The number of carbonyl (C=O) groups excluding carboxylic acids is 2. The molecular formula is C12H13N3O6. The van der Waals surface area contributed by atoms with E-state index in [2.05, 4.69) is 15.4 Å². The Labute approximate surface area is 119 Å². The van der Waals surface area contributed by atoms with Crippen LogP contribution in [0.1, 0.15) is 5.56 Å². The first-order valence-corrected chi connectivity index (χ1v) is 6.02. The zero-order valence-electron chi connectivity index (χ0n) is 11.1. The van der Waals surface area contributed by atoms with E-state index in [0.29, 0.717) is 11.3 Å². The molecule has 1 amide bonds.